The molecule has 0 spiro atoms. The summed E-state index contributed by atoms with van der Waals surface area (Å²) in [4.78, 5) is 8.07. The van der Waals surface area contributed by atoms with Crippen molar-refractivity contribution in [2.75, 3.05) is 6.61 Å². The summed E-state index contributed by atoms with van der Waals surface area (Å²) in [5.74, 6) is 1.63. The number of hydrogen-bond acceptors (Lipinski definition) is 5. The van der Waals surface area contributed by atoms with Crippen LogP contribution in [0.4, 0.5) is 0 Å². The summed E-state index contributed by atoms with van der Waals surface area (Å²) in [5, 5.41) is 5.16. The van der Waals surface area contributed by atoms with Gasteiger partial charge in [-0.3, -0.25) is 0 Å². The van der Waals surface area contributed by atoms with Gasteiger partial charge in [-0.25, -0.2) is 23.5 Å². The lowest BCUT2D eigenvalue weighted by molar-refractivity contribution is 0.203. The lowest BCUT2D eigenvalue weighted by Crippen LogP contribution is -2.25. The highest BCUT2D eigenvalue weighted by molar-refractivity contribution is 7.89. The number of sulfonamides is 1. The van der Waals surface area contributed by atoms with Crippen molar-refractivity contribution in [3.8, 4) is 5.88 Å². The van der Waals surface area contributed by atoms with Gasteiger partial charge < -0.3 is 9.30 Å². The number of aromatic nitrogens is 3. The fraction of sp³-hybridized carbons (Fsp3) is 0.385. The van der Waals surface area contributed by atoms with Gasteiger partial charge >= 0.3 is 0 Å². The summed E-state index contributed by atoms with van der Waals surface area (Å²) in [6.45, 7) is 1.29. The van der Waals surface area contributed by atoms with Crippen molar-refractivity contribution >= 4 is 21.6 Å². The number of hydrogen-bond donors (Lipinski definition) is 1. The fourth-order valence-electron chi connectivity index (χ4n) is 2.44. The maximum atomic E-state index is 11.2. The molecule has 0 aromatic carbocycles. The van der Waals surface area contributed by atoms with Crippen molar-refractivity contribution < 1.29 is 13.2 Å². The summed E-state index contributed by atoms with van der Waals surface area (Å²) in [5.41, 5.74) is 0. The normalized spacial score (nSPS) is 18.0. The average molecular weight is 343 g/mol. The van der Waals surface area contributed by atoms with Crippen LogP contribution in [-0.4, -0.2) is 29.6 Å². The van der Waals surface area contributed by atoms with E-state index in [1.807, 2.05) is 6.20 Å². The fourth-order valence-corrected chi connectivity index (χ4v) is 3.21. The predicted octanol–water partition coefficient (Wildman–Crippen LogP) is 1.22. The Bertz CT molecular complexity index is 790. The third-order valence-electron chi connectivity index (χ3n) is 3.60. The van der Waals surface area contributed by atoms with Crippen LogP contribution in [-0.2, 0) is 23.0 Å². The first-order valence-electron chi connectivity index (χ1n) is 6.74. The molecular weight excluding hydrogens is 328 g/mol. The van der Waals surface area contributed by atoms with E-state index in [9.17, 15) is 8.42 Å². The second-order valence-electron chi connectivity index (χ2n) is 5.21. The number of nitrogens with two attached hydrogens (primary N) is 1. The molecule has 9 heteroatoms. The molecule has 2 N–H and O–H groups in total. The van der Waals surface area contributed by atoms with Crippen molar-refractivity contribution in [3.63, 3.8) is 0 Å². The van der Waals surface area contributed by atoms with Gasteiger partial charge in [0.15, 0.2) is 0 Å². The van der Waals surface area contributed by atoms with E-state index in [1.165, 1.54) is 6.07 Å². The van der Waals surface area contributed by atoms with E-state index in [2.05, 4.69) is 14.5 Å². The molecule has 0 radical (unpaired) electrons. The quantitative estimate of drug-likeness (QED) is 0.900. The van der Waals surface area contributed by atoms with Crippen LogP contribution in [0.15, 0.2) is 29.6 Å². The third-order valence-corrected chi connectivity index (χ3v) is 4.75. The summed E-state index contributed by atoms with van der Waals surface area (Å²) in [6, 6.07) is 1.24. The highest BCUT2D eigenvalue weighted by Gasteiger charge is 2.20. The van der Waals surface area contributed by atoms with Crippen molar-refractivity contribution in [3.05, 3.63) is 35.5 Å². The molecule has 1 atom stereocenters. The smallest absolute Gasteiger partial charge is 0.239 e. The van der Waals surface area contributed by atoms with E-state index in [-0.39, 0.29) is 15.8 Å². The molecule has 22 heavy (non-hydrogen) atoms. The molecular formula is C13H15ClN4O3S. The zero-order chi connectivity index (χ0) is 15.7. The van der Waals surface area contributed by atoms with E-state index in [1.54, 1.807) is 6.20 Å². The van der Waals surface area contributed by atoms with Gasteiger partial charge in [0.2, 0.25) is 15.9 Å². The molecule has 0 unspecified atom stereocenters. The molecule has 3 heterocycles. The van der Waals surface area contributed by atoms with Crippen LogP contribution in [0, 0.1) is 5.92 Å². The Kier molecular flexibility index (Phi) is 4.07. The lowest BCUT2D eigenvalue weighted by Gasteiger charge is -2.23. The Morgan fingerprint density at radius 1 is 1.45 bits per heavy atom. The van der Waals surface area contributed by atoms with Crippen LogP contribution in [0.1, 0.15) is 12.2 Å². The summed E-state index contributed by atoms with van der Waals surface area (Å²) >= 11 is 5.99. The molecule has 0 saturated carbocycles. The summed E-state index contributed by atoms with van der Waals surface area (Å²) < 4.78 is 30.2. The van der Waals surface area contributed by atoms with Crippen molar-refractivity contribution in [2.45, 2.75) is 24.3 Å². The van der Waals surface area contributed by atoms with E-state index >= 15 is 0 Å². The first-order valence-corrected chi connectivity index (χ1v) is 8.67. The second-order valence-corrected chi connectivity index (χ2v) is 7.18. The zero-order valence-corrected chi connectivity index (χ0v) is 13.2. The SMILES string of the molecule is NS(=O)(=O)c1cnc(OC[C@@H]2CCc3nccn3C2)c(Cl)c1. The predicted molar refractivity (Wildman–Crippen MR) is 80.2 cm³/mol. The molecule has 3 rings (SSSR count). The van der Waals surface area contributed by atoms with Crippen LogP contribution in [0.5, 0.6) is 5.88 Å². The molecule has 2 aromatic rings. The summed E-state index contributed by atoms with van der Waals surface area (Å²) in [7, 11) is -3.82. The van der Waals surface area contributed by atoms with Crippen LogP contribution in [0.25, 0.3) is 0 Å². The van der Waals surface area contributed by atoms with Crippen LogP contribution < -0.4 is 9.88 Å². The van der Waals surface area contributed by atoms with Gasteiger partial charge in [-0.05, 0) is 12.5 Å². The Labute approximate surface area is 133 Å². The Hall–Kier alpha value is -1.64. The van der Waals surface area contributed by atoms with Crippen LogP contribution in [0.3, 0.4) is 0 Å². The number of aryl methyl sites for hydroxylation is 1. The zero-order valence-electron chi connectivity index (χ0n) is 11.6. The number of imidazole rings is 1. The highest BCUT2D eigenvalue weighted by atomic mass is 35.5. The van der Waals surface area contributed by atoms with E-state index in [0.717, 1.165) is 31.4 Å². The molecule has 118 valence electrons. The standard InChI is InChI=1S/C13H15ClN4O3S/c14-11-5-10(22(15,19)20)6-17-13(11)21-8-9-1-2-12-16-3-4-18(12)7-9/h3-6,9H,1-2,7-8H2,(H2,15,19,20)/t9-/m1/s1. The minimum absolute atomic E-state index is 0.130. The average Bonchev–Trinajstić information content (AvgIpc) is 2.92. The first-order chi connectivity index (χ1) is 10.4. The maximum Gasteiger partial charge on any atom is 0.239 e. The van der Waals surface area contributed by atoms with Gasteiger partial charge in [0.25, 0.3) is 0 Å². The third kappa shape index (κ3) is 3.23. The van der Waals surface area contributed by atoms with E-state index < -0.39 is 10.0 Å². The Morgan fingerprint density at radius 3 is 3.00 bits per heavy atom. The first kappa shape index (κ1) is 15.3. The van der Waals surface area contributed by atoms with Gasteiger partial charge in [0, 0.05) is 31.3 Å². The molecule has 1 aliphatic heterocycles. The number of primary sulfonamides is 1. The lowest BCUT2D eigenvalue weighted by atomic mass is 10.0. The van der Waals surface area contributed by atoms with Crippen molar-refractivity contribution in [2.24, 2.45) is 11.1 Å². The van der Waals surface area contributed by atoms with Crippen molar-refractivity contribution in [1.82, 2.24) is 14.5 Å². The van der Waals surface area contributed by atoms with Gasteiger partial charge in [0.05, 0.1) is 12.8 Å². The van der Waals surface area contributed by atoms with Gasteiger partial charge in [0.1, 0.15) is 15.7 Å². The largest absolute Gasteiger partial charge is 0.476 e. The van der Waals surface area contributed by atoms with E-state index in [0.29, 0.717) is 12.5 Å². The van der Waals surface area contributed by atoms with Gasteiger partial charge in [-0.1, -0.05) is 11.6 Å². The molecule has 0 fully saturated rings. The minimum Gasteiger partial charge on any atom is -0.476 e. The monoisotopic (exact) mass is 342 g/mol. The second kappa shape index (κ2) is 5.86. The molecule has 0 aliphatic carbocycles. The van der Waals surface area contributed by atoms with Crippen LogP contribution in [0.2, 0.25) is 5.02 Å². The number of nitrogens with zero attached hydrogens (tertiary/aromatic N) is 3. The maximum absolute atomic E-state index is 11.2. The van der Waals surface area contributed by atoms with Crippen molar-refractivity contribution in [1.29, 1.82) is 0 Å². The molecule has 2 aromatic heterocycles. The molecule has 0 saturated heterocycles. The molecule has 1 aliphatic rings. The number of halogens is 1. The van der Waals surface area contributed by atoms with Gasteiger partial charge in [-0.2, -0.15) is 0 Å². The Balaban J connectivity index is 1.65. The van der Waals surface area contributed by atoms with Crippen LogP contribution >= 0.6 is 11.6 Å². The highest BCUT2D eigenvalue weighted by Crippen LogP contribution is 2.26. The number of fused-ring (bicyclic) bond motifs is 1. The van der Waals surface area contributed by atoms with E-state index in [4.69, 9.17) is 21.5 Å². The van der Waals surface area contributed by atoms with Gasteiger partial charge in [-0.15, -0.1) is 0 Å². The molecule has 0 amide bonds. The number of pyridine rings is 1. The molecule has 7 nitrogen and oxygen atoms in total. The summed E-state index contributed by atoms with van der Waals surface area (Å²) in [6.07, 6.45) is 6.78. The Morgan fingerprint density at radius 2 is 2.27 bits per heavy atom. The molecule has 0 bridgehead atoms. The number of rotatable bonds is 4. The topological polar surface area (TPSA) is 100 Å². The minimum atomic E-state index is -3.82. The number of ether oxygens (including phenoxy) is 1.